The van der Waals surface area contributed by atoms with Gasteiger partial charge >= 0.3 is 0 Å². The molecule has 2 N–H and O–H groups in total. The van der Waals surface area contributed by atoms with E-state index in [0.717, 1.165) is 13.0 Å². The van der Waals surface area contributed by atoms with Gasteiger partial charge < -0.3 is 15.2 Å². The van der Waals surface area contributed by atoms with Gasteiger partial charge in [0.15, 0.2) is 11.5 Å². The third kappa shape index (κ3) is 3.28. The van der Waals surface area contributed by atoms with E-state index < -0.39 is 0 Å². The van der Waals surface area contributed by atoms with Crippen molar-refractivity contribution in [3.63, 3.8) is 0 Å². The Hall–Kier alpha value is -2.97. The molecule has 1 amide bonds. The van der Waals surface area contributed by atoms with Crippen LogP contribution in [0.2, 0.25) is 0 Å². The number of aromatic amines is 1. The molecular weight excluding hydrogens is 296 g/mol. The second-order valence-corrected chi connectivity index (χ2v) is 5.19. The van der Waals surface area contributed by atoms with Crippen molar-refractivity contribution < 1.29 is 4.79 Å². The minimum absolute atomic E-state index is 0.144. The zero-order valence-corrected chi connectivity index (χ0v) is 13.0. The molecule has 0 aromatic carbocycles. The van der Waals surface area contributed by atoms with Gasteiger partial charge in [-0.2, -0.15) is 5.10 Å². The minimum atomic E-state index is -0.144. The Bertz CT molecular complexity index is 808. The number of aryl methyl sites for hydroxylation is 1. The highest BCUT2D eigenvalue weighted by atomic mass is 16.2. The van der Waals surface area contributed by atoms with Crippen LogP contribution in [-0.2, 0) is 11.3 Å². The van der Waals surface area contributed by atoms with Crippen LogP contribution in [0.25, 0.3) is 11.2 Å². The van der Waals surface area contributed by atoms with Crippen molar-refractivity contribution in [3.8, 4) is 0 Å². The number of fused-ring (bicyclic) bond motifs is 1. The van der Waals surface area contributed by atoms with E-state index in [1.54, 1.807) is 29.2 Å². The number of amides is 1. The largest absolute Gasteiger partial charge is 0.348 e. The average Bonchev–Trinajstić information content (AvgIpc) is 3.16. The van der Waals surface area contributed by atoms with Crippen LogP contribution in [0.5, 0.6) is 0 Å². The van der Waals surface area contributed by atoms with E-state index in [1.807, 2.05) is 6.20 Å². The van der Waals surface area contributed by atoms with Gasteiger partial charge in [0, 0.05) is 19.8 Å². The minimum Gasteiger partial charge on any atom is -0.348 e. The van der Waals surface area contributed by atoms with Crippen molar-refractivity contribution in [3.05, 3.63) is 25.0 Å². The lowest BCUT2D eigenvalue weighted by molar-refractivity contribution is -0.114. The highest BCUT2D eigenvalue weighted by molar-refractivity contribution is 5.95. The van der Waals surface area contributed by atoms with E-state index in [-0.39, 0.29) is 12.5 Å². The van der Waals surface area contributed by atoms with Gasteiger partial charge in [-0.3, -0.25) is 9.48 Å². The normalized spacial score (nSPS) is 10.9. The lowest BCUT2D eigenvalue weighted by Gasteiger charge is -2.17. The first-order valence-electron chi connectivity index (χ1n) is 7.35. The summed E-state index contributed by atoms with van der Waals surface area (Å²) in [4.78, 5) is 29.3. The summed E-state index contributed by atoms with van der Waals surface area (Å²) >= 11 is 0. The Balaban J connectivity index is 1.66. The number of rotatable bonds is 6. The second kappa shape index (κ2) is 6.42. The Morgan fingerprint density at radius 2 is 2.26 bits per heavy atom. The quantitative estimate of drug-likeness (QED) is 0.704. The van der Waals surface area contributed by atoms with Gasteiger partial charge in [-0.05, 0) is 6.42 Å². The molecule has 3 aromatic heterocycles. The monoisotopic (exact) mass is 314 g/mol. The molecule has 0 saturated carbocycles. The second-order valence-electron chi connectivity index (χ2n) is 5.19. The van der Waals surface area contributed by atoms with E-state index in [9.17, 15) is 4.79 Å². The Kier molecular flexibility index (Phi) is 4.18. The van der Waals surface area contributed by atoms with Crippen molar-refractivity contribution >= 4 is 28.6 Å². The van der Waals surface area contributed by atoms with Crippen LogP contribution >= 0.6 is 0 Å². The maximum atomic E-state index is 12.2. The number of anilines is 2. The number of carbonyl (C=O) groups is 1. The third-order valence-corrected chi connectivity index (χ3v) is 3.32. The van der Waals surface area contributed by atoms with Crippen molar-refractivity contribution in [2.24, 2.45) is 0 Å². The molecule has 0 fully saturated rings. The molecule has 9 heteroatoms. The number of nitrogens with one attached hydrogen (secondary N) is 2. The van der Waals surface area contributed by atoms with Crippen LogP contribution in [0.15, 0.2) is 25.0 Å². The van der Waals surface area contributed by atoms with Gasteiger partial charge in [-0.15, -0.1) is 0 Å². The predicted octanol–water partition coefficient (Wildman–Crippen LogP) is 1.03. The summed E-state index contributed by atoms with van der Waals surface area (Å²) in [5.41, 5.74) is 1.97. The standard InChI is InChI=1S/C14H18N8O/c1-3-4-22-6-10(5-19-22)20-11(23)7-21(2)14-12-13(16-8-15-12)17-9-18-14/h5-6,8-9H,3-4,7H2,1-2H3,(H,20,23)(H,15,16,17,18). The lowest BCUT2D eigenvalue weighted by Crippen LogP contribution is -2.30. The molecule has 0 aliphatic rings. The SMILES string of the molecule is CCCn1cc(NC(=O)CN(C)c2ncnc3nc[nH]c23)cn1. The van der Waals surface area contributed by atoms with E-state index >= 15 is 0 Å². The molecule has 23 heavy (non-hydrogen) atoms. The number of hydrogen-bond acceptors (Lipinski definition) is 6. The van der Waals surface area contributed by atoms with Crippen molar-refractivity contribution in [2.75, 3.05) is 23.8 Å². The summed E-state index contributed by atoms with van der Waals surface area (Å²) < 4.78 is 1.80. The topological polar surface area (TPSA) is 105 Å². The number of H-pyrrole nitrogens is 1. The van der Waals surface area contributed by atoms with Crippen LogP contribution in [-0.4, -0.2) is 49.2 Å². The molecule has 120 valence electrons. The van der Waals surface area contributed by atoms with Crippen molar-refractivity contribution in [2.45, 2.75) is 19.9 Å². The molecule has 3 rings (SSSR count). The Morgan fingerprint density at radius 3 is 3.09 bits per heavy atom. The predicted molar refractivity (Wildman–Crippen MR) is 86.1 cm³/mol. The van der Waals surface area contributed by atoms with Gasteiger partial charge in [-0.1, -0.05) is 6.92 Å². The smallest absolute Gasteiger partial charge is 0.244 e. The van der Waals surface area contributed by atoms with Crippen molar-refractivity contribution in [1.29, 1.82) is 0 Å². The maximum Gasteiger partial charge on any atom is 0.244 e. The summed E-state index contributed by atoms with van der Waals surface area (Å²) in [6, 6.07) is 0. The van der Waals surface area contributed by atoms with Gasteiger partial charge in [-0.25, -0.2) is 15.0 Å². The van der Waals surface area contributed by atoms with Gasteiger partial charge in [0.25, 0.3) is 0 Å². The van der Waals surface area contributed by atoms with Crippen LogP contribution in [0, 0.1) is 0 Å². The summed E-state index contributed by atoms with van der Waals surface area (Å²) in [7, 11) is 1.79. The lowest BCUT2D eigenvalue weighted by atomic mass is 10.4. The third-order valence-electron chi connectivity index (χ3n) is 3.32. The average molecular weight is 314 g/mol. The Morgan fingerprint density at radius 1 is 1.39 bits per heavy atom. The zero-order valence-electron chi connectivity index (χ0n) is 13.0. The molecule has 0 radical (unpaired) electrons. The van der Waals surface area contributed by atoms with Gasteiger partial charge in [0.1, 0.15) is 11.8 Å². The Labute approximate surface area is 132 Å². The maximum absolute atomic E-state index is 12.2. The summed E-state index contributed by atoms with van der Waals surface area (Å²) in [5.74, 6) is 0.485. The first kappa shape index (κ1) is 14.9. The molecule has 0 spiro atoms. The highest BCUT2D eigenvalue weighted by Crippen LogP contribution is 2.18. The molecule has 0 unspecified atom stereocenters. The number of likely N-dealkylation sites (N-methyl/N-ethyl adjacent to an activating group) is 1. The highest BCUT2D eigenvalue weighted by Gasteiger charge is 2.14. The van der Waals surface area contributed by atoms with Crippen LogP contribution in [0.3, 0.4) is 0 Å². The number of hydrogen-bond donors (Lipinski definition) is 2. The first-order valence-corrected chi connectivity index (χ1v) is 7.35. The van der Waals surface area contributed by atoms with E-state index in [0.29, 0.717) is 22.7 Å². The van der Waals surface area contributed by atoms with Gasteiger partial charge in [0.2, 0.25) is 5.91 Å². The molecule has 3 aromatic rings. The summed E-state index contributed by atoms with van der Waals surface area (Å²) in [5, 5.41) is 7.01. The molecule has 0 aliphatic heterocycles. The molecular formula is C14H18N8O. The molecule has 0 bridgehead atoms. The summed E-state index contributed by atoms with van der Waals surface area (Å²) in [6.45, 7) is 3.06. The molecule has 0 aliphatic carbocycles. The zero-order chi connectivity index (χ0) is 16.2. The molecule has 9 nitrogen and oxygen atoms in total. The van der Waals surface area contributed by atoms with Crippen LogP contribution < -0.4 is 10.2 Å². The number of carbonyl (C=O) groups excluding carboxylic acids is 1. The molecule has 0 saturated heterocycles. The number of aromatic nitrogens is 6. The van der Waals surface area contributed by atoms with E-state index in [4.69, 9.17) is 0 Å². The number of nitrogens with zero attached hydrogens (tertiary/aromatic N) is 6. The van der Waals surface area contributed by atoms with Crippen LogP contribution in [0.4, 0.5) is 11.5 Å². The van der Waals surface area contributed by atoms with E-state index in [2.05, 4.69) is 37.3 Å². The first-order chi connectivity index (χ1) is 11.2. The molecule has 0 atom stereocenters. The van der Waals surface area contributed by atoms with Crippen molar-refractivity contribution in [1.82, 2.24) is 29.7 Å². The molecule has 3 heterocycles. The summed E-state index contributed by atoms with van der Waals surface area (Å²) in [6.07, 6.45) is 7.44. The van der Waals surface area contributed by atoms with E-state index in [1.165, 1.54) is 6.33 Å². The fourth-order valence-corrected chi connectivity index (χ4v) is 2.31. The number of imidazole rings is 1. The fourth-order valence-electron chi connectivity index (χ4n) is 2.31. The van der Waals surface area contributed by atoms with Crippen LogP contribution in [0.1, 0.15) is 13.3 Å². The van der Waals surface area contributed by atoms with Gasteiger partial charge in [0.05, 0.1) is 24.8 Å². The fraction of sp³-hybridized carbons (Fsp3) is 0.357.